The third-order valence-electron chi connectivity index (χ3n) is 1.97. The minimum atomic E-state index is -1.24. The fraction of sp³-hybridized carbons (Fsp3) is 0.182. The van der Waals surface area contributed by atoms with E-state index in [1.165, 1.54) is 6.07 Å². The van der Waals surface area contributed by atoms with E-state index in [2.05, 4.69) is 0 Å². The number of nitrogens with two attached hydrogens (primary N) is 1. The third-order valence-corrected chi connectivity index (χ3v) is 1.97. The Morgan fingerprint density at radius 1 is 1.12 bits per heavy atom. The van der Waals surface area contributed by atoms with E-state index in [9.17, 15) is 14.4 Å². The minimum absolute atomic E-state index is 0.251. The van der Waals surface area contributed by atoms with Crippen LogP contribution < -0.4 is 5.73 Å². The fourth-order valence-corrected chi connectivity index (χ4v) is 1.26. The van der Waals surface area contributed by atoms with Crippen LogP contribution in [0.25, 0.3) is 0 Å². The number of carbonyl (C=O) groups excluding carboxylic acids is 2. The maximum atomic E-state index is 11.6. The molecule has 0 aliphatic rings. The highest BCUT2D eigenvalue weighted by Crippen LogP contribution is 2.13. The predicted molar refractivity (Wildman–Crippen MR) is 57.1 cm³/mol. The summed E-state index contributed by atoms with van der Waals surface area (Å²) in [6.45, 7) is 0. The molecule has 0 amide bonds. The predicted octanol–water partition coefficient (Wildman–Crippen LogP) is 0.885. The van der Waals surface area contributed by atoms with Gasteiger partial charge in [-0.2, -0.15) is 0 Å². The second-order valence-electron chi connectivity index (χ2n) is 3.30. The van der Waals surface area contributed by atoms with Crippen molar-refractivity contribution in [2.75, 3.05) is 5.73 Å². The maximum Gasteiger partial charge on any atom is 0.310 e. The van der Waals surface area contributed by atoms with Gasteiger partial charge in [0.25, 0.3) is 0 Å². The van der Waals surface area contributed by atoms with Gasteiger partial charge in [-0.3, -0.25) is 14.4 Å². The second kappa shape index (κ2) is 5.06. The van der Waals surface area contributed by atoms with Crippen LogP contribution in [-0.4, -0.2) is 22.6 Å². The quantitative estimate of drug-likeness (QED) is 0.437. The number of benzene rings is 1. The van der Waals surface area contributed by atoms with Gasteiger partial charge in [0, 0.05) is 11.3 Å². The van der Waals surface area contributed by atoms with Gasteiger partial charge in [0.15, 0.2) is 11.6 Å². The molecule has 0 heterocycles. The molecule has 0 bridgehead atoms. The average Bonchev–Trinajstić information content (AvgIpc) is 2.16. The van der Waals surface area contributed by atoms with Gasteiger partial charge in [-0.15, -0.1) is 0 Å². The number of nitrogen functional groups attached to an aromatic ring is 1. The molecule has 5 nitrogen and oxygen atoms in total. The summed E-state index contributed by atoms with van der Waals surface area (Å²) in [5, 5.41) is 8.37. The molecule has 0 aliphatic carbocycles. The molecule has 1 rings (SSSR count). The Labute approximate surface area is 91.9 Å². The monoisotopic (exact) mass is 221 g/mol. The highest BCUT2D eigenvalue weighted by atomic mass is 16.4. The van der Waals surface area contributed by atoms with Gasteiger partial charge >= 0.3 is 5.97 Å². The molecule has 1 aromatic carbocycles. The lowest BCUT2D eigenvalue weighted by Crippen LogP contribution is -2.13. The van der Waals surface area contributed by atoms with Gasteiger partial charge in [0.2, 0.25) is 0 Å². The Bertz CT molecular complexity index is 439. The molecule has 0 radical (unpaired) electrons. The molecular formula is C11H11NO4. The first-order valence-electron chi connectivity index (χ1n) is 4.62. The molecule has 0 atom stereocenters. The number of hydrogen-bond acceptors (Lipinski definition) is 4. The summed E-state index contributed by atoms with van der Waals surface area (Å²) in [5.74, 6) is -2.32. The van der Waals surface area contributed by atoms with Gasteiger partial charge in [-0.1, -0.05) is 12.1 Å². The lowest BCUT2D eigenvalue weighted by Gasteiger charge is -2.02. The van der Waals surface area contributed by atoms with Crippen LogP contribution in [0.4, 0.5) is 5.69 Å². The van der Waals surface area contributed by atoms with Crippen molar-refractivity contribution >= 4 is 23.2 Å². The summed E-state index contributed by atoms with van der Waals surface area (Å²) in [4.78, 5) is 32.9. The van der Waals surface area contributed by atoms with Crippen LogP contribution in [0.3, 0.4) is 0 Å². The zero-order valence-corrected chi connectivity index (χ0v) is 8.47. The molecule has 84 valence electrons. The van der Waals surface area contributed by atoms with Crippen molar-refractivity contribution in [1.29, 1.82) is 0 Å². The van der Waals surface area contributed by atoms with Gasteiger partial charge in [-0.05, 0) is 12.1 Å². The molecule has 1 aromatic rings. The summed E-state index contributed by atoms with van der Waals surface area (Å²) in [5.41, 5.74) is 6.09. The summed E-state index contributed by atoms with van der Waals surface area (Å²) in [6, 6.07) is 6.36. The lowest BCUT2D eigenvalue weighted by molar-refractivity contribution is -0.139. The van der Waals surface area contributed by atoms with Crippen LogP contribution >= 0.6 is 0 Å². The number of ketones is 2. The maximum absolute atomic E-state index is 11.6. The van der Waals surface area contributed by atoms with Crippen LogP contribution in [0.15, 0.2) is 24.3 Å². The van der Waals surface area contributed by atoms with E-state index in [1.54, 1.807) is 18.2 Å². The molecule has 16 heavy (non-hydrogen) atoms. The fourth-order valence-electron chi connectivity index (χ4n) is 1.26. The third kappa shape index (κ3) is 3.20. The number of carboxylic acids is 1. The molecule has 0 spiro atoms. The van der Waals surface area contributed by atoms with Crippen LogP contribution in [0.5, 0.6) is 0 Å². The number of carbonyl (C=O) groups is 3. The molecule has 0 unspecified atom stereocenters. The number of para-hydroxylation sites is 1. The summed E-state index contributed by atoms with van der Waals surface area (Å²) < 4.78 is 0. The molecule has 3 N–H and O–H groups in total. The van der Waals surface area contributed by atoms with Gasteiger partial charge in [0.05, 0.1) is 6.42 Å². The van der Waals surface area contributed by atoms with Gasteiger partial charge < -0.3 is 10.8 Å². The molecule has 0 aliphatic heterocycles. The van der Waals surface area contributed by atoms with E-state index >= 15 is 0 Å². The summed E-state index contributed by atoms with van der Waals surface area (Å²) in [6.07, 6.45) is -1.07. The second-order valence-corrected chi connectivity index (χ2v) is 3.30. The largest absolute Gasteiger partial charge is 0.481 e. The number of aliphatic carboxylic acids is 1. The molecule has 0 aromatic heterocycles. The first-order chi connectivity index (χ1) is 7.50. The zero-order valence-electron chi connectivity index (χ0n) is 8.47. The molecule has 0 fully saturated rings. The minimum Gasteiger partial charge on any atom is -0.481 e. The lowest BCUT2D eigenvalue weighted by atomic mass is 10.0. The van der Waals surface area contributed by atoms with Crippen molar-refractivity contribution in [2.45, 2.75) is 12.8 Å². The standard InChI is InChI=1S/C11H11NO4/c12-9-4-2-1-3-8(9)10(14)5-7(13)6-11(15)16/h1-4H,5-6,12H2,(H,15,16). The molecule has 5 heteroatoms. The van der Waals surface area contributed by atoms with E-state index in [0.717, 1.165) is 0 Å². The highest BCUT2D eigenvalue weighted by Gasteiger charge is 2.15. The molecular weight excluding hydrogens is 210 g/mol. The zero-order chi connectivity index (χ0) is 12.1. The molecule has 0 saturated carbocycles. The van der Waals surface area contributed by atoms with E-state index in [1.807, 2.05) is 0 Å². The van der Waals surface area contributed by atoms with Crippen LogP contribution in [-0.2, 0) is 9.59 Å². The van der Waals surface area contributed by atoms with Crippen LogP contribution in [0, 0.1) is 0 Å². The van der Waals surface area contributed by atoms with E-state index < -0.39 is 30.4 Å². The first-order valence-corrected chi connectivity index (χ1v) is 4.62. The number of anilines is 1. The SMILES string of the molecule is Nc1ccccc1C(=O)CC(=O)CC(=O)O. The first kappa shape index (κ1) is 11.9. The number of Topliss-reactive ketones (excluding diaryl/α,β-unsaturated/α-hetero) is 2. The van der Waals surface area contributed by atoms with Crippen LogP contribution in [0.2, 0.25) is 0 Å². The van der Waals surface area contributed by atoms with Crippen molar-refractivity contribution in [3.8, 4) is 0 Å². The normalized spacial score (nSPS) is 9.75. The Hall–Kier alpha value is -2.17. The number of hydrogen-bond donors (Lipinski definition) is 2. The van der Waals surface area contributed by atoms with Crippen molar-refractivity contribution in [2.24, 2.45) is 0 Å². The van der Waals surface area contributed by atoms with Crippen molar-refractivity contribution in [3.05, 3.63) is 29.8 Å². The van der Waals surface area contributed by atoms with Crippen LogP contribution in [0.1, 0.15) is 23.2 Å². The van der Waals surface area contributed by atoms with E-state index in [-0.39, 0.29) is 11.3 Å². The van der Waals surface area contributed by atoms with Crippen molar-refractivity contribution < 1.29 is 19.5 Å². The topological polar surface area (TPSA) is 97.5 Å². The highest BCUT2D eigenvalue weighted by molar-refractivity contribution is 6.13. The number of rotatable bonds is 5. The average molecular weight is 221 g/mol. The molecule has 0 saturated heterocycles. The number of carboxylic acid groups (broad SMARTS) is 1. The smallest absolute Gasteiger partial charge is 0.310 e. The Kier molecular flexibility index (Phi) is 3.77. The summed E-state index contributed by atoms with van der Waals surface area (Å²) >= 11 is 0. The Morgan fingerprint density at radius 3 is 2.31 bits per heavy atom. The van der Waals surface area contributed by atoms with Gasteiger partial charge in [-0.25, -0.2) is 0 Å². The Balaban J connectivity index is 2.70. The van der Waals surface area contributed by atoms with Crippen molar-refractivity contribution in [1.82, 2.24) is 0 Å². The Morgan fingerprint density at radius 2 is 1.75 bits per heavy atom. The summed E-state index contributed by atoms with van der Waals surface area (Å²) in [7, 11) is 0. The van der Waals surface area contributed by atoms with E-state index in [4.69, 9.17) is 10.8 Å². The van der Waals surface area contributed by atoms with E-state index in [0.29, 0.717) is 0 Å². The van der Waals surface area contributed by atoms with Gasteiger partial charge in [0.1, 0.15) is 6.42 Å². The van der Waals surface area contributed by atoms with Crippen molar-refractivity contribution in [3.63, 3.8) is 0 Å².